The van der Waals surface area contributed by atoms with Gasteiger partial charge in [-0.05, 0) is 66.7 Å². The largest absolute Gasteiger partial charge is 0.497 e. The molecule has 0 fully saturated rings. The van der Waals surface area contributed by atoms with Gasteiger partial charge in [0.1, 0.15) is 57.8 Å². The summed E-state index contributed by atoms with van der Waals surface area (Å²) in [6.07, 6.45) is -8.93. The Morgan fingerprint density at radius 2 is 0.632 bits per heavy atom. The van der Waals surface area contributed by atoms with Gasteiger partial charge in [-0.1, -0.05) is 30.3 Å². The Bertz CT molecular complexity index is 4640. The van der Waals surface area contributed by atoms with Gasteiger partial charge >= 0.3 is 23.9 Å². The maximum atomic E-state index is 14.3. The van der Waals surface area contributed by atoms with Crippen LogP contribution in [-0.4, -0.2) is 141 Å². The van der Waals surface area contributed by atoms with Crippen LogP contribution in [0.3, 0.4) is 0 Å². The number of rotatable bonds is 24. The molecule has 0 N–H and O–H groups in total. The van der Waals surface area contributed by atoms with Gasteiger partial charge in [-0.25, -0.2) is 0 Å². The highest BCUT2D eigenvalue weighted by Gasteiger charge is 2.52. The number of carbonyl (C=O) groups is 4. The van der Waals surface area contributed by atoms with Crippen molar-refractivity contribution in [2.75, 3.05) is 92.4 Å². The number of carbonyl (C=O) groups excluding carboxylic acids is 4. The van der Waals surface area contributed by atoms with E-state index in [1.165, 1.54) is 113 Å². The van der Waals surface area contributed by atoms with Crippen LogP contribution in [0, 0.1) is 0 Å². The quantitative estimate of drug-likeness (QED) is 0.0402. The topological polar surface area (TPSA) is 262 Å². The number of esters is 4. The average molecular weight is 1460 g/mol. The molecule has 4 aliphatic heterocycles. The predicted octanol–water partition coefficient (Wildman–Crippen LogP) is 13.0. The van der Waals surface area contributed by atoms with Gasteiger partial charge in [0, 0.05) is 120 Å². The zero-order valence-electron chi connectivity index (χ0n) is 61.8. The zero-order chi connectivity index (χ0) is 75.5. The third-order valence-corrected chi connectivity index (χ3v) is 19.5. The van der Waals surface area contributed by atoms with Crippen molar-refractivity contribution in [3.05, 3.63) is 183 Å². The average Bonchev–Trinajstić information content (AvgIpc) is 0.719. The summed E-state index contributed by atoms with van der Waals surface area (Å²) in [6.45, 7) is 5.23. The predicted molar refractivity (Wildman–Crippen MR) is 382 cm³/mol. The van der Waals surface area contributed by atoms with Crippen LogP contribution in [0.15, 0.2) is 121 Å². The fraction of sp³-hybridized carbons (Fsp3) is 0.358. The van der Waals surface area contributed by atoms with Gasteiger partial charge in [-0.3, -0.25) is 19.2 Å². The summed E-state index contributed by atoms with van der Waals surface area (Å²) < 4.78 is 133. The molecule has 0 aliphatic carbocycles. The Morgan fingerprint density at radius 3 is 1.00 bits per heavy atom. The van der Waals surface area contributed by atoms with E-state index >= 15 is 0 Å². The standard InChI is InChI=1S/C81H84O25/c1-39(82)99-69-35-53-63(103-74(69)43-18-24-54(87-6)64(28-43)93-12)38-68(97-16)73(78(53)98-17)72-52-34-50(59(92-11)37-62(52)106-77(81(72)102-42(4)85)46-21-27-57(90-9)67(31-46)96-15)71-51-33-49(58(91-10)36-61(51)105-76(80(71)101-41(3)84)45-20-26-56(89-8)66(30-45)95-14)70-48-23-22-47(86-5)32-60(48)104-75(79(70)100-40(2)83)44-19-25-55(88-7)65(29-44)94-13/h18-34,36-38,69-72,74-77,79-81H,35H2,1-17H3. The van der Waals surface area contributed by atoms with Crippen LogP contribution in [0.25, 0.3) is 0 Å². The van der Waals surface area contributed by atoms with E-state index in [4.69, 9.17) is 99.5 Å². The van der Waals surface area contributed by atoms with Crippen molar-refractivity contribution in [3.8, 4) is 97.7 Å². The van der Waals surface area contributed by atoms with Crippen LogP contribution < -0.4 is 80.5 Å². The summed E-state index contributed by atoms with van der Waals surface area (Å²) in [5, 5.41) is 0. The molecule has 8 aromatic carbocycles. The second-order valence-electron chi connectivity index (χ2n) is 25.3. The fourth-order valence-corrected chi connectivity index (χ4v) is 15.0. The lowest BCUT2D eigenvalue weighted by Gasteiger charge is -2.43. The van der Waals surface area contributed by atoms with Gasteiger partial charge in [-0.15, -0.1) is 0 Å². The van der Waals surface area contributed by atoms with Gasteiger partial charge in [0.15, 0.2) is 88.7 Å². The number of hydrogen-bond acceptors (Lipinski definition) is 25. The molecule has 0 saturated carbocycles. The minimum Gasteiger partial charge on any atom is -0.497 e. The van der Waals surface area contributed by atoms with Gasteiger partial charge in [0.25, 0.3) is 0 Å². The second kappa shape index (κ2) is 31.3. The van der Waals surface area contributed by atoms with Crippen molar-refractivity contribution >= 4 is 23.9 Å². The minimum absolute atomic E-state index is 0.0279. The summed E-state index contributed by atoms with van der Waals surface area (Å²) in [6, 6.07) is 35.4. The molecule has 0 radical (unpaired) electrons. The lowest BCUT2D eigenvalue weighted by Crippen LogP contribution is -2.41. The third-order valence-electron chi connectivity index (χ3n) is 19.5. The molecule has 4 aliphatic rings. The Kier molecular flexibility index (Phi) is 21.8. The summed E-state index contributed by atoms with van der Waals surface area (Å²) >= 11 is 0. The molecule has 12 rings (SSSR count). The van der Waals surface area contributed by atoms with Crippen molar-refractivity contribution in [1.82, 2.24) is 0 Å². The Hall–Kier alpha value is -11.8. The highest BCUT2D eigenvalue weighted by Crippen LogP contribution is 2.61. The molecule has 8 aromatic rings. The highest BCUT2D eigenvalue weighted by atomic mass is 16.6. The number of methoxy groups -OCH3 is 13. The zero-order valence-corrected chi connectivity index (χ0v) is 61.8. The molecular weight excluding hydrogens is 1370 g/mol. The first-order chi connectivity index (χ1) is 51.2. The normalized spacial score (nSPS) is 20.8. The van der Waals surface area contributed by atoms with Crippen LogP contribution in [0.2, 0.25) is 0 Å². The molecule has 4 heterocycles. The fourth-order valence-electron chi connectivity index (χ4n) is 15.0. The highest BCUT2D eigenvalue weighted by molar-refractivity contribution is 5.72. The third kappa shape index (κ3) is 13.9. The summed E-state index contributed by atoms with van der Waals surface area (Å²) in [7, 11) is 19.7. The van der Waals surface area contributed by atoms with E-state index in [1.807, 2.05) is 18.2 Å². The van der Waals surface area contributed by atoms with Crippen LogP contribution in [0.5, 0.6) is 97.7 Å². The molecule has 11 atom stereocenters. The van der Waals surface area contributed by atoms with E-state index in [2.05, 4.69) is 0 Å². The van der Waals surface area contributed by atoms with Gasteiger partial charge < -0.3 is 99.5 Å². The van der Waals surface area contributed by atoms with E-state index in [0.29, 0.717) is 130 Å². The molecular formula is C81H84O25. The Balaban J connectivity index is 1.16. The Labute approximate surface area is 613 Å². The SMILES string of the molecule is COc1ccc2c(c1)OC(c1ccc(OC)c(OC)c1)C(OC(C)=O)C2c1cc2c(cc1OC)OC(c1ccc(OC)c(OC)c1)C(OC(C)=O)C2c1cc2c(cc1OC)OC(c1ccc(OC)c(OC)c1)C(OC(C)=O)C2c1c(OC)cc2c(c1OC)CC(OC(C)=O)C(c1ccc(OC)c(OC)c1)O2. The van der Waals surface area contributed by atoms with Crippen LogP contribution >= 0.6 is 0 Å². The maximum absolute atomic E-state index is 14.3. The number of ether oxygens (including phenoxy) is 21. The first-order valence-electron chi connectivity index (χ1n) is 33.9. The molecule has 25 heteroatoms. The molecule has 0 amide bonds. The van der Waals surface area contributed by atoms with Crippen LogP contribution in [0.1, 0.15) is 131 Å². The van der Waals surface area contributed by atoms with E-state index in [9.17, 15) is 19.2 Å². The van der Waals surface area contributed by atoms with Crippen molar-refractivity contribution < 1.29 is 119 Å². The molecule has 0 saturated heterocycles. The summed E-state index contributed by atoms with van der Waals surface area (Å²) in [5.41, 5.74) is 5.24. The molecule has 106 heavy (non-hydrogen) atoms. The first-order valence-corrected chi connectivity index (χ1v) is 33.9. The molecule has 11 unspecified atom stereocenters. The summed E-state index contributed by atoms with van der Waals surface area (Å²) in [4.78, 5) is 55.6. The van der Waals surface area contributed by atoms with E-state index < -0.39 is 90.5 Å². The van der Waals surface area contributed by atoms with Gasteiger partial charge in [-0.2, -0.15) is 0 Å². The van der Waals surface area contributed by atoms with E-state index in [0.717, 1.165) is 0 Å². The first kappa shape index (κ1) is 74.0. The van der Waals surface area contributed by atoms with Crippen LogP contribution in [0.4, 0.5) is 0 Å². The van der Waals surface area contributed by atoms with Crippen molar-refractivity contribution in [2.45, 2.75) is 101 Å². The number of hydrogen-bond donors (Lipinski definition) is 0. The lowest BCUT2D eigenvalue weighted by molar-refractivity contribution is -0.154. The smallest absolute Gasteiger partial charge is 0.303 e. The van der Waals surface area contributed by atoms with E-state index in [1.54, 1.807) is 110 Å². The maximum Gasteiger partial charge on any atom is 0.303 e. The van der Waals surface area contributed by atoms with Crippen molar-refractivity contribution in [3.63, 3.8) is 0 Å². The Morgan fingerprint density at radius 1 is 0.292 bits per heavy atom. The molecule has 558 valence electrons. The number of fused-ring (bicyclic) bond motifs is 4. The van der Waals surface area contributed by atoms with Crippen molar-refractivity contribution in [1.29, 1.82) is 0 Å². The minimum atomic E-state index is -1.32. The molecule has 25 nitrogen and oxygen atoms in total. The van der Waals surface area contributed by atoms with Crippen molar-refractivity contribution in [2.24, 2.45) is 0 Å². The summed E-state index contributed by atoms with van der Waals surface area (Å²) in [5.74, 6) is 0.0943. The monoisotopic (exact) mass is 1460 g/mol. The number of benzene rings is 8. The second-order valence-corrected chi connectivity index (χ2v) is 25.3. The molecule has 0 spiro atoms. The van der Waals surface area contributed by atoms with Gasteiger partial charge in [0.05, 0.1) is 110 Å². The molecule has 0 bridgehead atoms. The van der Waals surface area contributed by atoms with E-state index in [-0.39, 0.29) is 35.2 Å². The van der Waals surface area contributed by atoms with Crippen LogP contribution in [-0.2, 0) is 44.5 Å². The lowest BCUT2D eigenvalue weighted by atomic mass is 9.73. The molecule has 0 aromatic heterocycles. The van der Waals surface area contributed by atoms with Gasteiger partial charge in [0.2, 0.25) is 0 Å².